The third-order valence-corrected chi connectivity index (χ3v) is 4.89. The maximum atomic E-state index is 12.9. The third-order valence-electron chi connectivity index (χ3n) is 4.89. The summed E-state index contributed by atoms with van der Waals surface area (Å²) in [5.41, 5.74) is 2.21. The summed E-state index contributed by atoms with van der Waals surface area (Å²) in [7, 11) is 0. The zero-order valence-corrected chi connectivity index (χ0v) is 14.7. The highest BCUT2D eigenvalue weighted by Crippen LogP contribution is 2.33. The minimum absolute atomic E-state index is 0.0774. The number of benzene rings is 2. The van der Waals surface area contributed by atoms with E-state index in [2.05, 4.69) is 10.3 Å². The minimum Gasteiger partial charge on any atom is -0.486 e. The van der Waals surface area contributed by atoms with E-state index in [9.17, 15) is 4.79 Å². The van der Waals surface area contributed by atoms with E-state index in [0.29, 0.717) is 36.4 Å². The van der Waals surface area contributed by atoms with Crippen LogP contribution in [0.5, 0.6) is 11.5 Å². The number of anilines is 2. The van der Waals surface area contributed by atoms with E-state index in [4.69, 9.17) is 13.9 Å². The number of fused-ring (bicyclic) bond motifs is 2. The maximum Gasteiger partial charge on any atom is 0.299 e. The van der Waals surface area contributed by atoms with Crippen LogP contribution in [0.2, 0.25) is 0 Å². The number of aromatic nitrogens is 1. The molecule has 2 aliphatic rings. The number of nitrogens with one attached hydrogen (secondary N) is 1. The lowest BCUT2D eigenvalue weighted by molar-refractivity contribution is -0.117. The van der Waals surface area contributed by atoms with Crippen LogP contribution in [0.15, 0.2) is 46.9 Å². The van der Waals surface area contributed by atoms with Crippen LogP contribution < -0.4 is 19.7 Å². The number of ether oxygens (including phenoxy) is 2. The van der Waals surface area contributed by atoms with E-state index in [-0.39, 0.29) is 11.9 Å². The van der Waals surface area contributed by atoms with E-state index in [0.717, 1.165) is 30.5 Å². The molecule has 0 radical (unpaired) electrons. The van der Waals surface area contributed by atoms with Crippen molar-refractivity contribution in [1.82, 2.24) is 4.98 Å². The molecular formula is C20H19N3O4. The van der Waals surface area contributed by atoms with Crippen molar-refractivity contribution in [2.24, 2.45) is 0 Å². The number of rotatable bonds is 3. The Kier molecular flexibility index (Phi) is 3.85. The predicted molar refractivity (Wildman–Crippen MR) is 100 cm³/mol. The molecule has 0 saturated carbocycles. The number of para-hydroxylation sites is 2. The van der Waals surface area contributed by atoms with E-state index < -0.39 is 0 Å². The molecule has 1 atom stereocenters. The second-order valence-corrected chi connectivity index (χ2v) is 6.66. The first-order valence-electron chi connectivity index (χ1n) is 9.11. The van der Waals surface area contributed by atoms with Crippen molar-refractivity contribution in [3.63, 3.8) is 0 Å². The lowest BCUT2D eigenvalue weighted by atomic mass is 10.2. The zero-order chi connectivity index (χ0) is 18.2. The maximum absolute atomic E-state index is 12.9. The second kappa shape index (κ2) is 6.50. The topological polar surface area (TPSA) is 76.8 Å². The number of carbonyl (C=O) groups is 1. The summed E-state index contributed by atoms with van der Waals surface area (Å²) >= 11 is 0. The Morgan fingerprint density at radius 3 is 2.85 bits per heavy atom. The van der Waals surface area contributed by atoms with Gasteiger partial charge in [0.1, 0.15) is 24.8 Å². The number of hydrogen-bond acceptors (Lipinski definition) is 6. The molecule has 3 heterocycles. The van der Waals surface area contributed by atoms with Crippen molar-refractivity contribution in [2.45, 2.75) is 18.9 Å². The quantitative estimate of drug-likeness (QED) is 0.768. The van der Waals surface area contributed by atoms with Gasteiger partial charge in [0.2, 0.25) is 5.91 Å². The molecule has 7 nitrogen and oxygen atoms in total. The minimum atomic E-state index is -0.314. The first-order valence-corrected chi connectivity index (χ1v) is 9.11. The van der Waals surface area contributed by atoms with Gasteiger partial charge in [0.15, 0.2) is 17.1 Å². The van der Waals surface area contributed by atoms with Crippen molar-refractivity contribution in [1.29, 1.82) is 0 Å². The average Bonchev–Trinajstić information content (AvgIpc) is 3.34. The lowest BCUT2D eigenvalue weighted by Crippen LogP contribution is -2.39. The van der Waals surface area contributed by atoms with Crippen LogP contribution in [0.3, 0.4) is 0 Å². The fraction of sp³-hybridized carbons (Fsp3) is 0.300. The number of amides is 1. The summed E-state index contributed by atoms with van der Waals surface area (Å²) < 4.78 is 17.0. The molecule has 1 N–H and O–H groups in total. The fourth-order valence-electron chi connectivity index (χ4n) is 3.60. The van der Waals surface area contributed by atoms with Crippen LogP contribution in [-0.4, -0.2) is 36.7 Å². The molecule has 1 saturated heterocycles. The van der Waals surface area contributed by atoms with Crippen LogP contribution in [0, 0.1) is 0 Å². The standard InChI is InChI=1S/C20H19N3O4/c24-19(21-13-7-8-17-18(12-13)26-11-10-25-17)15-5-3-9-23(15)20-22-14-4-1-2-6-16(14)27-20/h1-2,4,6-8,12,15H,3,5,9-11H2,(H,21,24). The summed E-state index contributed by atoms with van der Waals surface area (Å²) in [6, 6.07) is 13.2. The highest BCUT2D eigenvalue weighted by atomic mass is 16.6. The molecule has 0 aliphatic carbocycles. The van der Waals surface area contributed by atoms with Crippen LogP contribution in [0.25, 0.3) is 11.1 Å². The van der Waals surface area contributed by atoms with Gasteiger partial charge in [0, 0.05) is 18.3 Å². The van der Waals surface area contributed by atoms with E-state index in [1.165, 1.54) is 0 Å². The van der Waals surface area contributed by atoms with Gasteiger partial charge in [-0.15, -0.1) is 0 Å². The summed E-state index contributed by atoms with van der Waals surface area (Å²) in [5, 5.41) is 2.98. The molecule has 2 aliphatic heterocycles. The Morgan fingerprint density at radius 1 is 1.11 bits per heavy atom. The Labute approximate surface area is 155 Å². The van der Waals surface area contributed by atoms with Crippen molar-refractivity contribution < 1.29 is 18.7 Å². The van der Waals surface area contributed by atoms with Gasteiger partial charge in [0.05, 0.1) is 0 Å². The van der Waals surface area contributed by atoms with E-state index in [1.54, 1.807) is 6.07 Å². The average molecular weight is 365 g/mol. The smallest absolute Gasteiger partial charge is 0.299 e. The molecule has 2 aromatic carbocycles. The molecule has 1 fully saturated rings. The van der Waals surface area contributed by atoms with Gasteiger partial charge in [-0.25, -0.2) is 0 Å². The first kappa shape index (κ1) is 16.0. The Hall–Kier alpha value is -3.22. The van der Waals surface area contributed by atoms with Crippen LogP contribution in [0.1, 0.15) is 12.8 Å². The normalized spacial score (nSPS) is 18.7. The van der Waals surface area contributed by atoms with Gasteiger partial charge in [0.25, 0.3) is 6.01 Å². The molecule has 1 amide bonds. The summed E-state index contributed by atoms with van der Waals surface area (Å²) in [6.07, 6.45) is 1.67. The van der Waals surface area contributed by atoms with Gasteiger partial charge >= 0.3 is 0 Å². The Balaban J connectivity index is 1.36. The molecule has 0 spiro atoms. The summed E-state index contributed by atoms with van der Waals surface area (Å²) in [4.78, 5) is 19.4. The molecule has 1 aromatic heterocycles. The molecule has 5 rings (SSSR count). The molecule has 3 aromatic rings. The van der Waals surface area contributed by atoms with Gasteiger partial charge < -0.3 is 24.1 Å². The Bertz CT molecular complexity index is 967. The van der Waals surface area contributed by atoms with Crippen molar-refractivity contribution in [2.75, 3.05) is 30.0 Å². The first-order chi connectivity index (χ1) is 13.3. The van der Waals surface area contributed by atoms with Gasteiger partial charge in [-0.2, -0.15) is 4.98 Å². The Morgan fingerprint density at radius 2 is 1.96 bits per heavy atom. The number of hydrogen-bond donors (Lipinski definition) is 1. The van der Waals surface area contributed by atoms with Crippen LogP contribution in [-0.2, 0) is 4.79 Å². The molecule has 27 heavy (non-hydrogen) atoms. The molecule has 138 valence electrons. The monoisotopic (exact) mass is 365 g/mol. The lowest BCUT2D eigenvalue weighted by Gasteiger charge is -2.23. The van der Waals surface area contributed by atoms with Gasteiger partial charge in [-0.3, -0.25) is 4.79 Å². The fourth-order valence-corrected chi connectivity index (χ4v) is 3.60. The van der Waals surface area contributed by atoms with Crippen LogP contribution >= 0.6 is 0 Å². The van der Waals surface area contributed by atoms with Crippen molar-refractivity contribution >= 4 is 28.7 Å². The molecule has 7 heteroatoms. The van der Waals surface area contributed by atoms with Gasteiger partial charge in [-0.05, 0) is 37.1 Å². The SMILES string of the molecule is O=C(Nc1ccc2c(c1)OCCO2)C1CCCN1c1nc2ccccc2o1. The molecule has 1 unspecified atom stereocenters. The predicted octanol–water partition coefficient (Wildman–Crippen LogP) is 3.21. The third kappa shape index (κ3) is 2.95. The zero-order valence-electron chi connectivity index (χ0n) is 14.7. The molecule has 0 bridgehead atoms. The summed E-state index contributed by atoms with van der Waals surface area (Å²) in [5.74, 6) is 1.28. The highest BCUT2D eigenvalue weighted by Gasteiger charge is 2.34. The number of carbonyl (C=O) groups excluding carboxylic acids is 1. The second-order valence-electron chi connectivity index (χ2n) is 6.66. The van der Waals surface area contributed by atoms with Crippen LogP contribution in [0.4, 0.5) is 11.7 Å². The summed E-state index contributed by atoms with van der Waals surface area (Å²) in [6.45, 7) is 1.80. The number of oxazole rings is 1. The van der Waals surface area contributed by atoms with E-state index >= 15 is 0 Å². The largest absolute Gasteiger partial charge is 0.486 e. The number of nitrogens with zero attached hydrogens (tertiary/aromatic N) is 2. The van der Waals surface area contributed by atoms with Crippen molar-refractivity contribution in [3.8, 4) is 11.5 Å². The van der Waals surface area contributed by atoms with Crippen molar-refractivity contribution in [3.05, 3.63) is 42.5 Å². The molecular weight excluding hydrogens is 346 g/mol. The van der Waals surface area contributed by atoms with E-state index in [1.807, 2.05) is 41.3 Å². The highest BCUT2D eigenvalue weighted by molar-refractivity contribution is 5.97. The van der Waals surface area contributed by atoms with Gasteiger partial charge in [-0.1, -0.05) is 12.1 Å².